The maximum atomic E-state index is 5.90. The lowest BCUT2D eigenvalue weighted by Gasteiger charge is -2.28. The van der Waals surface area contributed by atoms with Gasteiger partial charge in [0.1, 0.15) is 0 Å². The molecule has 2 nitrogen and oxygen atoms in total. The lowest BCUT2D eigenvalue weighted by Crippen LogP contribution is -2.47. The zero-order valence-electron chi connectivity index (χ0n) is 9.68. The lowest BCUT2D eigenvalue weighted by atomic mass is 9.94. The fourth-order valence-corrected chi connectivity index (χ4v) is 3.38. The molecule has 0 aromatic carbocycles. The fraction of sp³-hybridized carbons (Fsp3) is 0.667. The predicted octanol–water partition coefficient (Wildman–Crippen LogP) is 3.02. The van der Waals surface area contributed by atoms with Crippen molar-refractivity contribution in [3.63, 3.8) is 0 Å². The van der Waals surface area contributed by atoms with Crippen LogP contribution < -0.4 is 10.6 Å². The SMILES string of the molecule is CCC1(CNCc2ccc(Cl)s2)CCCN1. The zero-order valence-corrected chi connectivity index (χ0v) is 11.3. The maximum absolute atomic E-state index is 5.90. The number of hydrogen-bond acceptors (Lipinski definition) is 3. The van der Waals surface area contributed by atoms with Crippen LogP contribution >= 0.6 is 22.9 Å². The summed E-state index contributed by atoms with van der Waals surface area (Å²) >= 11 is 7.56. The molecule has 2 rings (SSSR count). The lowest BCUT2D eigenvalue weighted by molar-refractivity contribution is 0.340. The van der Waals surface area contributed by atoms with Crippen molar-refractivity contribution in [3.05, 3.63) is 21.3 Å². The van der Waals surface area contributed by atoms with E-state index in [1.54, 1.807) is 11.3 Å². The van der Waals surface area contributed by atoms with Crippen molar-refractivity contribution in [2.45, 2.75) is 38.3 Å². The average molecular weight is 259 g/mol. The minimum absolute atomic E-state index is 0.334. The van der Waals surface area contributed by atoms with Crippen molar-refractivity contribution in [2.75, 3.05) is 13.1 Å². The van der Waals surface area contributed by atoms with Gasteiger partial charge in [-0.15, -0.1) is 11.3 Å². The smallest absolute Gasteiger partial charge is 0.0931 e. The Hall–Kier alpha value is -0.0900. The highest BCUT2D eigenvalue weighted by molar-refractivity contribution is 7.16. The van der Waals surface area contributed by atoms with Gasteiger partial charge in [-0.25, -0.2) is 0 Å². The second-order valence-corrected chi connectivity index (χ2v) is 6.27. The van der Waals surface area contributed by atoms with Crippen LogP contribution in [0, 0.1) is 0 Å². The standard InChI is InChI=1S/C12H19ClN2S/c1-2-12(6-3-7-15-12)9-14-8-10-4-5-11(13)16-10/h4-5,14-15H,2-3,6-9H2,1H3. The van der Waals surface area contributed by atoms with E-state index >= 15 is 0 Å². The molecule has 0 bridgehead atoms. The van der Waals surface area contributed by atoms with Gasteiger partial charge >= 0.3 is 0 Å². The second-order valence-electron chi connectivity index (χ2n) is 4.47. The van der Waals surface area contributed by atoms with Crippen molar-refractivity contribution in [2.24, 2.45) is 0 Å². The summed E-state index contributed by atoms with van der Waals surface area (Å²) in [6.45, 7) is 5.42. The van der Waals surface area contributed by atoms with E-state index in [0.29, 0.717) is 5.54 Å². The number of hydrogen-bond donors (Lipinski definition) is 2. The Kier molecular flexibility index (Phi) is 4.25. The molecule has 0 saturated carbocycles. The monoisotopic (exact) mass is 258 g/mol. The third kappa shape index (κ3) is 2.98. The van der Waals surface area contributed by atoms with Crippen LogP contribution in [-0.4, -0.2) is 18.6 Å². The third-order valence-corrected chi connectivity index (χ3v) is 4.63. The third-order valence-electron chi connectivity index (χ3n) is 3.40. The molecule has 4 heteroatoms. The Morgan fingerprint density at radius 2 is 2.44 bits per heavy atom. The van der Waals surface area contributed by atoms with Gasteiger partial charge in [0, 0.05) is 23.5 Å². The molecule has 2 heterocycles. The van der Waals surface area contributed by atoms with E-state index in [1.165, 1.54) is 30.7 Å². The Morgan fingerprint density at radius 1 is 1.56 bits per heavy atom. The van der Waals surface area contributed by atoms with Gasteiger partial charge in [-0.1, -0.05) is 18.5 Å². The molecule has 1 aliphatic rings. The van der Waals surface area contributed by atoms with Crippen molar-refractivity contribution in [3.8, 4) is 0 Å². The fourth-order valence-electron chi connectivity index (χ4n) is 2.32. The summed E-state index contributed by atoms with van der Waals surface area (Å²) in [4.78, 5) is 1.31. The van der Waals surface area contributed by atoms with Gasteiger partial charge in [-0.3, -0.25) is 0 Å². The highest BCUT2D eigenvalue weighted by atomic mass is 35.5. The molecule has 0 radical (unpaired) electrons. The number of rotatable bonds is 5. The maximum Gasteiger partial charge on any atom is 0.0931 e. The summed E-state index contributed by atoms with van der Waals surface area (Å²) in [7, 11) is 0. The molecule has 1 aromatic rings. The highest BCUT2D eigenvalue weighted by Gasteiger charge is 2.30. The molecule has 90 valence electrons. The van der Waals surface area contributed by atoms with E-state index in [4.69, 9.17) is 11.6 Å². The van der Waals surface area contributed by atoms with Gasteiger partial charge in [0.2, 0.25) is 0 Å². The Balaban J connectivity index is 1.78. The number of nitrogens with one attached hydrogen (secondary N) is 2. The summed E-state index contributed by atoms with van der Waals surface area (Å²) < 4.78 is 0.876. The van der Waals surface area contributed by atoms with Gasteiger partial charge < -0.3 is 10.6 Å². The normalized spacial score (nSPS) is 25.1. The molecule has 1 saturated heterocycles. The molecule has 1 fully saturated rings. The largest absolute Gasteiger partial charge is 0.310 e. The predicted molar refractivity (Wildman–Crippen MR) is 71.3 cm³/mol. The average Bonchev–Trinajstić information content (AvgIpc) is 2.89. The van der Waals surface area contributed by atoms with Crippen molar-refractivity contribution in [1.82, 2.24) is 10.6 Å². The molecule has 0 amide bonds. The van der Waals surface area contributed by atoms with Crippen LogP contribution in [0.3, 0.4) is 0 Å². The van der Waals surface area contributed by atoms with Crippen molar-refractivity contribution >= 4 is 22.9 Å². The van der Waals surface area contributed by atoms with Gasteiger partial charge in [-0.05, 0) is 37.9 Å². The van der Waals surface area contributed by atoms with E-state index in [2.05, 4.69) is 23.6 Å². The van der Waals surface area contributed by atoms with E-state index in [-0.39, 0.29) is 0 Å². The topological polar surface area (TPSA) is 24.1 Å². The first kappa shape index (κ1) is 12.4. The summed E-state index contributed by atoms with van der Waals surface area (Å²) in [6.07, 6.45) is 3.80. The molecule has 1 aromatic heterocycles. The van der Waals surface area contributed by atoms with Crippen LogP contribution in [0.2, 0.25) is 4.34 Å². The molecule has 1 atom stereocenters. The van der Waals surface area contributed by atoms with Crippen LogP contribution in [0.15, 0.2) is 12.1 Å². The van der Waals surface area contributed by atoms with E-state index in [0.717, 1.165) is 17.4 Å². The molecule has 16 heavy (non-hydrogen) atoms. The van der Waals surface area contributed by atoms with Crippen LogP contribution in [0.4, 0.5) is 0 Å². The molecule has 0 aliphatic carbocycles. The van der Waals surface area contributed by atoms with E-state index in [9.17, 15) is 0 Å². The van der Waals surface area contributed by atoms with Crippen LogP contribution in [0.5, 0.6) is 0 Å². The molecule has 0 spiro atoms. The highest BCUT2D eigenvalue weighted by Crippen LogP contribution is 2.23. The van der Waals surface area contributed by atoms with Gasteiger partial charge in [0.15, 0.2) is 0 Å². The Labute approximate surface area is 106 Å². The van der Waals surface area contributed by atoms with Gasteiger partial charge in [0.05, 0.1) is 4.34 Å². The summed E-state index contributed by atoms with van der Waals surface area (Å²) in [5.74, 6) is 0. The van der Waals surface area contributed by atoms with Crippen LogP contribution in [-0.2, 0) is 6.54 Å². The Bertz CT molecular complexity index is 332. The second kappa shape index (κ2) is 5.50. The minimum Gasteiger partial charge on any atom is -0.310 e. The summed E-state index contributed by atoms with van der Waals surface area (Å²) in [5.41, 5.74) is 0.334. The molecule has 2 N–H and O–H groups in total. The zero-order chi connectivity index (χ0) is 11.4. The first-order valence-electron chi connectivity index (χ1n) is 5.94. The molecule has 1 unspecified atom stereocenters. The van der Waals surface area contributed by atoms with E-state index in [1.807, 2.05) is 6.07 Å². The minimum atomic E-state index is 0.334. The summed E-state index contributed by atoms with van der Waals surface area (Å²) in [5, 5.41) is 7.16. The van der Waals surface area contributed by atoms with Crippen LogP contribution in [0.25, 0.3) is 0 Å². The molecule has 1 aliphatic heterocycles. The number of halogens is 1. The summed E-state index contributed by atoms with van der Waals surface area (Å²) in [6, 6.07) is 4.06. The van der Waals surface area contributed by atoms with Gasteiger partial charge in [-0.2, -0.15) is 0 Å². The first-order valence-corrected chi connectivity index (χ1v) is 7.13. The first-order chi connectivity index (χ1) is 7.74. The van der Waals surface area contributed by atoms with Crippen molar-refractivity contribution < 1.29 is 0 Å². The Morgan fingerprint density at radius 3 is 3.00 bits per heavy atom. The van der Waals surface area contributed by atoms with Crippen LogP contribution in [0.1, 0.15) is 31.1 Å². The number of thiophene rings is 1. The van der Waals surface area contributed by atoms with Crippen molar-refractivity contribution in [1.29, 1.82) is 0 Å². The quantitative estimate of drug-likeness (QED) is 0.849. The molecular weight excluding hydrogens is 240 g/mol. The van der Waals surface area contributed by atoms with E-state index < -0.39 is 0 Å². The van der Waals surface area contributed by atoms with Gasteiger partial charge in [0.25, 0.3) is 0 Å². The molecular formula is C12H19ClN2S.